The Kier molecular flexibility index (Phi) is 5.23. The Morgan fingerprint density at radius 2 is 2.25 bits per heavy atom. The van der Waals surface area contributed by atoms with Gasteiger partial charge < -0.3 is 24.7 Å². The number of hydrogen-bond acceptors (Lipinski definition) is 6. The highest BCUT2D eigenvalue weighted by atomic mass is 16.5. The standard InChI is InChI=1S/C20H23N5O3/c1-13(26)23-15-4-5-18-17(7-15)24-19-12-28-11-16(25(18)19)10-21-8-14-3-6-20(27-2)22-9-14/h3-7,9,16,21H,8,10-12H2,1-2H3,(H,23,26). The molecule has 0 saturated carbocycles. The zero-order valence-corrected chi connectivity index (χ0v) is 15.9. The Bertz CT molecular complexity index is 983. The van der Waals surface area contributed by atoms with E-state index in [0.29, 0.717) is 25.6 Å². The lowest BCUT2D eigenvalue weighted by Crippen LogP contribution is -2.32. The number of aromatic nitrogens is 3. The number of carbonyl (C=O) groups is 1. The van der Waals surface area contributed by atoms with Crippen molar-refractivity contribution in [2.24, 2.45) is 0 Å². The van der Waals surface area contributed by atoms with Crippen molar-refractivity contribution < 1.29 is 14.3 Å². The van der Waals surface area contributed by atoms with Gasteiger partial charge in [-0.1, -0.05) is 6.07 Å². The van der Waals surface area contributed by atoms with Gasteiger partial charge in [0.1, 0.15) is 12.4 Å². The first kappa shape index (κ1) is 18.4. The Hall–Kier alpha value is -2.97. The second-order valence-corrected chi connectivity index (χ2v) is 6.79. The molecule has 1 aromatic carbocycles. The van der Waals surface area contributed by atoms with E-state index in [0.717, 1.165) is 34.7 Å². The summed E-state index contributed by atoms with van der Waals surface area (Å²) in [5.74, 6) is 1.42. The fraction of sp³-hybridized carbons (Fsp3) is 0.350. The van der Waals surface area contributed by atoms with Crippen LogP contribution in [0.1, 0.15) is 24.4 Å². The summed E-state index contributed by atoms with van der Waals surface area (Å²) >= 11 is 0. The number of benzene rings is 1. The number of amides is 1. The largest absolute Gasteiger partial charge is 0.481 e. The second kappa shape index (κ2) is 7.95. The lowest BCUT2D eigenvalue weighted by molar-refractivity contribution is -0.114. The van der Waals surface area contributed by atoms with E-state index in [2.05, 4.69) is 20.2 Å². The van der Waals surface area contributed by atoms with Crippen LogP contribution in [0.25, 0.3) is 11.0 Å². The number of hydrogen-bond donors (Lipinski definition) is 2. The summed E-state index contributed by atoms with van der Waals surface area (Å²) in [7, 11) is 1.61. The first-order valence-electron chi connectivity index (χ1n) is 9.20. The van der Waals surface area contributed by atoms with E-state index in [9.17, 15) is 4.79 Å². The SMILES string of the molecule is COc1ccc(CNCC2COCc3nc4cc(NC(C)=O)ccc4n32)cn1. The Morgan fingerprint density at radius 1 is 1.36 bits per heavy atom. The number of methoxy groups -OCH3 is 1. The molecule has 146 valence electrons. The number of imidazole rings is 1. The molecule has 2 aromatic heterocycles. The van der Waals surface area contributed by atoms with Crippen molar-refractivity contribution in [3.63, 3.8) is 0 Å². The average Bonchev–Trinajstić information content (AvgIpc) is 3.06. The molecule has 1 amide bonds. The monoisotopic (exact) mass is 381 g/mol. The predicted octanol–water partition coefficient (Wildman–Crippen LogP) is 2.26. The zero-order chi connectivity index (χ0) is 19.5. The van der Waals surface area contributed by atoms with Gasteiger partial charge in [-0.25, -0.2) is 9.97 Å². The first-order valence-corrected chi connectivity index (χ1v) is 9.20. The molecule has 28 heavy (non-hydrogen) atoms. The van der Waals surface area contributed by atoms with Crippen molar-refractivity contribution in [3.05, 3.63) is 47.9 Å². The second-order valence-electron chi connectivity index (χ2n) is 6.79. The van der Waals surface area contributed by atoms with Crippen molar-refractivity contribution in [1.82, 2.24) is 19.9 Å². The molecule has 3 aromatic rings. The van der Waals surface area contributed by atoms with E-state index in [1.165, 1.54) is 6.92 Å². The van der Waals surface area contributed by atoms with E-state index in [-0.39, 0.29) is 11.9 Å². The third-order valence-corrected chi connectivity index (χ3v) is 4.71. The molecule has 3 heterocycles. The summed E-state index contributed by atoms with van der Waals surface area (Å²) in [5.41, 5.74) is 3.74. The molecule has 0 radical (unpaired) electrons. The zero-order valence-electron chi connectivity index (χ0n) is 15.9. The number of rotatable bonds is 6. The van der Waals surface area contributed by atoms with Crippen molar-refractivity contribution in [3.8, 4) is 5.88 Å². The minimum atomic E-state index is -0.0956. The van der Waals surface area contributed by atoms with Gasteiger partial charge in [-0.15, -0.1) is 0 Å². The maximum atomic E-state index is 11.3. The van der Waals surface area contributed by atoms with E-state index in [1.807, 2.05) is 36.5 Å². The molecular formula is C20H23N5O3. The summed E-state index contributed by atoms with van der Waals surface area (Å²) in [6, 6.07) is 9.80. The fourth-order valence-electron chi connectivity index (χ4n) is 3.47. The molecule has 1 aliphatic heterocycles. The molecule has 0 aliphatic carbocycles. The molecule has 4 rings (SSSR count). The maximum absolute atomic E-state index is 11.3. The van der Waals surface area contributed by atoms with E-state index in [1.54, 1.807) is 7.11 Å². The third-order valence-electron chi connectivity index (χ3n) is 4.71. The van der Waals surface area contributed by atoms with Gasteiger partial charge in [0.25, 0.3) is 0 Å². The van der Waals surface area contributed by atoms with Crippen LogP contribution in [-0.2, 0) is 22.7 Å². The van der Waals surface area contributed by atoms with Gasteiger partial charge in [0.05, 0.1) is 30.8 Å². The molecule has 0 bridgehead atoms. The van der Waals surface area contributed by atoms with Crippen LogP contribution >= 0.6 is 0 Å². The number of nitrogens with zero attached hydrogens (tertiary/aromatic N) is 3. The van der Waals surface area contributed by atoms with Crippen molar-refractivity contribution in [1.29, 1.82) is 0 Å². The maximum Gasteiger partial charge on any atom is 0.221 e. The third kappa shape index (κ3) is 3.83. The number of anilines is 1. The first-order chi connectivity index (χ1) is 13.6. The summed E-state index contributed by atoms with van der Waals surface area (Å²) in [6.45, 7) is 4.07. The fourth-order valence-corrected chi connectivity index (χ4v) is 3.47. The van der Waals surface area contributed by atoms with Gasteiger partial charge in [0.2, 0.25) is 11.8 Å². The lowest BCUT2D eigenvalue weighted by Gasteiger charge is -2.26. The molecule has 8 heteroatoms. The van der Waals surface area contributed by atoms with Crippen molar-refractivity contribution >= 4 is 22.6 Å². The van der Waals surface area contributed by atoms with E-state index < -0.39 is 0 Å². The summed E-state index contributed by atoms with van der Waals surface area (Å²) in [5, 5.41) is 6.28. The molecule has 0 fully saturated rings. The average molecular weight is 381 g/mol. The number of carbonyl (C=O) groups excluding carboxylic acids is 1. The Balaban J connectivity index is 1.48. The number of fused-ring (bicyclic) bond motifs is 3. The van der Waals surface area contributed by atoms with Gasteiger partial charge in [-0.2, -0.15) is 0 Å². The number of pyridine rings is 1. The van der Waals surface area contributed by atoms with Crippen LogP contribution in [0.15, 0.2) is 36.5 Å². The van der Waals surface area contributed by atoms with Gasteiger partial charge in [0, 0.05) is 38.0 Å². The minimum Gasteiger partial charge on any atom is -0.481 e. The van der Waals surface area contributed by atoms with Gasteiger partial charge >= 0.3 is 0 Å². The van der Waals surface area contributed by atoms with Crippen LogP contribution in [0.5, 0.6) is 5.88 Å². The van der Waals surface area contributed by atoms with Crippen LogP contribution < -0.4 is 15.4 Å². The van der Waals surface area contributed by atoms with Gasteiger partial charge in [-0.3, -0.25) is 4.79 Å². The topological polar surface area (TPSA) is 90.3 Å². The summed E-state index contributed by atoms with van der Waals surface area (Å²) < 4.78 is 13.1. The van der Waals surface area contributed by atoms with Crippen molar-refractivity contribution in [2.45, 2.75) is 26.1 Å². The number of nitrogens with one attached hydrogen (secondary N) is 2. The molecule has 1 aliphatic rings. The van der Waals surface area contributed by atoms with Crippen molar-refractivity contribution in [2.75, 3.05) is 25.6 Å². The summed E-state index contributed by atoms with van der Waals surface area (Å²) in [4.78, 5) is 20.2. The van der Waals surface area contributed by atoms with Gasteiger partial charge in [0.15, 0.2) is 0 Å². The molecule has 2 N–H and O–H groups in total. The molecule has 1 unspecified atom stereocenters. The molecule has 8 nitrogen and oxygen atoms in total. The van der Waals surface area contributed by atoms with Crippen LogP contribution in [-0.4, -0.2) is 40.7 Å². The predicted molar refractivity (Wildman–Crippen MR) is 105 cm³/mol. The number of ether oxygens (including phenoxy) is 2. The molecule has 1 atom stereocenters. The van der Waals surface area contributed by atoms with Crippen LogP contribution in [0.2, 0.25) is 0 Å². The highest BCUT2D eigenvalue weighted by molar-refractivity contribution is 5.91. The van der Waals surface area contributed by atoms with E-state index >= 15 is 0 Å². The molecule has 0 spiro atoms. The Labute approximate surface area is 162 Å². The smallest absolute Gasteiger partial charge is 0.221 e. The van der Waals surface area contributed by atoms with Crippen LogP contribution in [0.3, 0.4) is 0 Å². The van der Waals surface area contributed by atoms with Gasteiger partial charge in [-0.05, 0) is 23.8 Å². The molecular weight excluding hydrogens is 358 g/mol. The van der Waals surface area contributed by atoms with Crippen LogP contribution in [0.4, 0.5) is 5.69 Å². The van der Waals surface area contributed by atoms with E-state index in [4.69, 9.17) is 14.5 Å². The highest BCUT2D eigenvalue weighted by Gasteiger charge is 2.24. The molecule has 0 saturated heterocycles. The summed E-state index contributed by atoms with van der Waals surface area (Å²) in [6.07, 6.45) is 1.81. The Morgan fingerprint density at radius 3 is 3.00 bits per heavy atom. The normalized spacial score (nSPS) is 16.0. The van der Waals surface area contributed by atoms with Crippen LogP contribution in [0, 0.1) is 0 Å². The highest BCUT2D eigenvalue weighted by Crippen LogP contribution is 2.27. The minimum absolute atomic E-state index is 0.0956. The lowest BCUT2D eigenvalue weighted by atomic mass is 10.2. The quantitative estimate of drug-likeness (QED) is 0.681.